The van der Waals surface area contributed by atoms with Crippen molar-refractivity contribution < 1.29 is 9.72 Å². The summed E-state index contributed by atoms with van der Waals surface area (Å²) in [5, 5.41) is 17.8. The minimum atomic E-state index is -0.500. The van der Waals surface area contributed by atoms with Crippen molar-refractivity contribution in [1.82, 2.24) is 14.7 Å². The van der Waals surface area contributed by atoms with Gasteiger partial charge in [0, 0.05) is 36.6 Å². The van der Waals surface area contributed by atoms with E-state index in [1.807, 2.05) is 41.2 Å². The first-order valence-electron chi connectivity index (χ1n) is 8.33. The fraction of sp³-hybridized carbons (Fsp3) is 0.158. The van der Waals surface area contributed by atoms with Gasteiger partial charge in [0.15, 0.2) is 0 Å². The van der Waals surface area contributed by atoms with Gasteiger partial charge in [0.05, 0.1) is 24.2 Å². The Hall–Kier alpha value is -3.68. The molecule has 8 heteroatoms. The number of non-ortho nitro benzene ring substituents is 1. The Balaban J connectivity index is 1.58. The molecule has 0 bridgehead atoms. The van der Waals surface area contributed by atoms with Gasteiger partial charge < -0.3 is 10.2 Å². The Morgan fingerprint density at radius 2 is 1.96 bits per heavy atom. The smallest absolute Gasteiger partial charge is 0.321 e. The Kier molecular flexibility index (Phi) is 5.46. The van der Waals surface area contributed by atoms with E-state index in [4.69, 9.17) is 0 Å². The monoisotopic (exact) mass is 365 g/mol. The molecule has 0 aliphatic carbocycles. The lowest BCUT2D eigenvalue weighted by Gasteiger charge is -2.17. The molecule has 1 heterocycles. The van der Waals surface area contributed by atoms with Gasteiger partial charge in [0.1, 0.15) is 0 Å². The summed E-state index contributed by atoms with van der Waals surface area (Å²) in [5.41, 5.74) is 2.34. The minimum absolute atomic E-state index is 0.0716. The van der Waals surface area contributed by atoms with Crippen molar-refractivity contribution in [2.45, 2.75) is 13.1 Å². The van der Waals surface area contributed by atoms with Crippen molar-refractivity contribution >= 4 is 17.4 Å². The second-order valence-corrected chi connectivity index (χ2v) is 6.13. The average molecular weight is 365 g/mol. The zero-order valence-corrected chi connectivity index (χ0v) is 14.8. The molecule has 27 heavy (non-hydrogen) atoms. The van der Waals surface area contributed by atoms with Gasteiger partial charge in [-0.05, 0) is 11.6 Å². The second-order valence-electron chi connectivity index (χ2n) is 6.13. The zero-order chi connectivity index (χ0) is 19.2. The Morgan fingerprint density at radius 1 is 1.19 bits per heavy atom. The summed E-state index contributed by atoms with van der Waals surface area (Å²) < 4.78 is 1.82. The largest absolute Gasteiger partial charge is 0.323 e. The number of nitrogens with zero attached hydrogens (tertiary/aromatic N) is 4. The third kappa shape index (κ3) is 4.91. The number of nitrogens with one attached hydrogen (secondary N) is 1. The van der Waals surface area contributed by atoms with Crippen molar-refractivity contribution in [1.29, 1.82) is 0 Å². The minimum Gasteiger partial charge on any atom is -0.323 e. The molecule has 0 atom stereocenters. The molecular weight excluding hydrogens is 346 g/mol. The molecule has 1 aromatic heterocycles. The number of aromatic nitrogens is 2. The molecule has 0 fully saturated rings. The van der Waals surface area contributed by atoms with Crippen molar-refractivity contribution in [3.05, 3.63) is 88.2 Å². The normalized spacial score (nSPS) is 10.4. The van der Waals surface area contributed by atoms with Gasteiger partial charge in [-0.25, -0.2) is 4.79 Å². The van der Waals surface area contributed by atoms with Crippen LogP contribution in [0.3, 0.4) is 0 Å². The number of amides is 2. The Labute approximate surface area is 156 Å². The summed E-state index contributed by atoms with van der Waals surface area (Å²) in [6.45, 7) is 1.03. The number of nitro groups is 1. The first-order chi connectivity index (χ1) is 13.0. The Bertz CT molecular complexity index is 939. The molecule has 0 unspecified atom stereocenters. The number of hydrogen-bond donors (Lipinski definition) is 1. The number of anilines is 1. The molecule has 2 amide bonds. The van der Waals surface area contributed by atoms with Crippen LogP contribution in [0.4, 0.5) is 16.2 Å². The highest BCUT2D eigenvalue weighted by Crippen LogP contribution is 2.17. The summed E-state index contributed by atoms with van der Waals surface area (Å²) in [5.74, 6) is 0. The van der Waals surface area contributed by atoms with Gasteiger partial charge in [0.25, 0.3) is 5.69 Å². The summed E-state index contributed by atoms with van der Waals surface area (Å²) in [4.78, 5) is 24.1. The fourth-order valence-corrected chi connectivity index (χ4v) is 2.61. The number of carbonyl (C=O) groups is 1. The van der Waals surface area contributed by atoms with Crippen LogP contribution < -0.4 is 5.32 Å². The molecule has 1 N–H and O–H groups in total. The molecule has 138 valence electrons. The van der Waals surface area contributed by atoms with Crippen LogP contribution in [-0.4, -0.2) is 32.7 Å². The maximum absolute atomic E-state index is 12.3. The molecule has 0 radical (unpaired) electrons. The molecule has 8 nitrogen and oxygen atoms in total. The highest BCUT2D eigenvalue weighted by Gasteiger charge is 2.13. The van der Waals surface area contributed by atoms with Crippen LogP contribution in [0.25, 0.3) is 0 Å². The topological polar surface area (TPSA) is 93.3 Å². The van der Waals surface area contributed by atoms with Gasteiger partial charge in [-0.1, -0.05) is 36.4 Å². The molecular formula is C19H19N5O3. The summed E-state index contributed by atoms with van der Waals surface area (Å²) in [6, 6.07) is 15.5. The van der Waals surface area contributed by atoms with E-state index in [2.05, 4.69) is 10.4 Å². The lowest BCUT2D eigenvalue weighted by molar-refractivity contribution is -0.384. The van der Waals surface area contributed by atoms with Crippen LogP contribution >= 0.6 is 0 Å². The summed E-state index contributed by atoms with van der Waals surface area (Å²) in [6.07, 6.45) is 3.62. The maximum atomic E-state index is 12.3. The quantitative estimate of drug-likeness (QED) is 0.534. The fourth-order valence-electron chi connectivity index (χ4n) is 2.61. The van der Waals surface area contributed by atoms with Gasteiger partial charge in [0.2, 0.25) is 0 Å². The molecule has 0 aliphatic rings. The van der Waals surface area contributed by atoms with Crippen LogP contribution in [0.5, 0.6) is 0 Å². The zero-order valence-electron chi connectivity index (χ0n) is 14.8. The number of carbonyl (C=O) groups excluding carboxylic acids is 1. The summed E-state index contributed by atoms with van der Waals surface area (Å²) in [7, 11) is 1.65. The SMILES string of the molecule is CN(Cc1cnn(Cc2ccccc2)c1)C(=O)Nc1cccc([N+](=O)[O-])c1. The molecule has 0 saturated heterocycles. The molecule has 0 saturated carbocycles. The van der Waals surface area contributed by atoms with E-state index in [0.717, 1.165) is 11.1 Å². The van der Waals surface area contributed by atoms with Crippen molar-refractivity contribution in [3.8, 4) is 0 Å². The van der Waals surface area contributed by atoms with Crippen molar-refractivity contribution in [2.75, 3.05) is 12.4 Å². The van der Waals surface area contributed by atoms with Gasteiger partial charge >= 0.3 is 6.03 Å². The molecule has 3 rings (SSSR count). The molecule has 0 spiro atoms. The first kappa shape index (κ1) is 18.1. The van der Waals surface area contributed by atoms with E-state index in [1.54, 1.807) is 19.3 Å². The maximum Gasteiger partial charge on any atom is 0.321 e. The van der Waals surface area contributed by atoms with E-state index in [0.29, 0.717) is 18.8 Å². The second kappa shape index (κ2) is 8.13. The first-order valence-corrected chi connectivity index (χ1v) is 8.33. The molecule has 3 aromatic rings. The van der Waals surface area contributed by atoms with Crippen molar-refractivity contribution in [3.63, 3.8) is 0 Å². The number of rotatable bonds is 6. The van der Waals surface area contributed by atoms with Crippen LogP contribution in [-0.2, 0) is 13.1 Å². The predicted molar refractivity (Wildman–Crippen MR) is 101 cm³/mol. The van der Waals surface area contributed by atoms with E-state index >= 15 is 0 Å². The van der Waals surface area contributed by atoms with E-state index in [9.17, 15) is 14.9 Å². The summed E-state index contributed by atoms with van der Waals surface area (Å²) >= 11 is 0. The van der Waals surface area contributed by atoms with Crippen LogP contribution in [0.15, 0.2) is 67.0 Å². The van der Waals surface area contributed by atoms with Gasteiger partial charge in [-0.2, -0.15) is 5.10 Å². The third-order valence-corrected chi connectivity index (χ3v) is 3.95. The standard InChI is InChI=1S/C19H19N5O3/c1-22(19(25)21-17-8-5-9-18(10-17)24(26)27)12-16-11-20-23(14-16)13-15-6-3-2-4-7-15/h2-11,14H,12-13H2,1H3,(H,21,25). The van der Waals surface area contributed by atoms with E-state index in [1.165, 1.54) is 23.1 Å². The molecule has 0 aliphatic heterocycles. The highest BCUT2D eigenvalue weighted by molar-refractivity contribution is 5.89. The van der Waals surface area contributed by atoms with Crippen molar-refractivity contribution in [2.24, 2.45) is 0 Å². The number of nitro benzene ring substituents is 1. The van der Waals surface area contributed by atoms with E-state index in [-0.39, 0.29) is 11.7 Å². The highest BCUT2D eigenvalue weighted by atomic mass is 16.6. The lowest BCUT2D eigenvalue weighted by Crippen LogP contribution is -2.30. The number of benzene rings is 2. The lowest BCUT2D eigenvalue weighted by atomic mass is 10.2. The van der Waals surface area contributed by atoms with Gasteiger partial charge in [-0.3, -0.25) is 14.8 Å². The Morgan fingerprint density at radius 3 is 2.70 bits per heavy atom. The number of urea groups is 1. The van der Waals surface area contributed by atoms with Crippen LogP contribution in [0, 0.1) is 10.1 Å². The molecule has 2 aromatic carbocycles. The van der Waals surface area contributed by atoms with E-state index < -0.39 is 4.92 Å². The van der Waals surface area contributed by atoms with Crippen LogP contribution in [0.1, 0.15) is 11.1 Å². The predicted octanol–water partition coefficient (Wildman–Crippen LogP) is 3.50. The third-order valence-electron chi connectivity index (χ3n) is 3.95. The van der Waals surface area contributed by atoms with Gasteiger partial charge in [-0.15, -0.1) is 0 Å². The van der Waals surface area contributed by atoms with Crippen LogP contribution in [0.2, 0.25) is 0 Å². The average Bonchev–Trinajstić information content (AvgIpc) is 3.09. The number of hydrogen-bond acceptors (Lipinski definition) is 4.